The van der Waals surface area contributed by atoms with Crippen LogP contribution in [0.3, 0.4) is 0 Å². The number of nitrogens with one attached hydrogen (secondary N) is 2. The second kappa shape index (κ2) is 10.4. The maximum absolute atomic E-state index is 13.6. The molecule has 5 rings (SSSR count). The van der Waals surface area contributed by atoms with E-state index in [-0.39, 0.29) is 22.1 Å². The van der Waals surface area contributed by atoms with E-state index in [1.165, 1.54) is 26.4 Å². The molecule has 0 spiro atoms. The van der Waals surface area contributed by atoms with Gasteiger partial charge in [0.05, 0.1) is 36.9 Å². The summed E-state index contributed by atoms with van der Waals surface area (Å²) in [6, 6.07) is 16.4. The van der Waals surface area contributed by atoms with Crippen molar-refractivity contribution in [2.45, 2.75) is 11.3 Å². The number of fused-ring (bicyclic) bond motifs is 3. The molecule has 2 N–H and O–H groups in total. The highest BCUT2D eigenvalue weighted by molar-refractivity contribution is 7.99. The van der Waals surface area contributed by atoms with E-state index in [0.29, 0.717) is 33.6 Å². The largest absolute Gasteiger partial charge is 0.497 e. The van der Waals surface area contributed by atoms with Gasteiger partial charge in [0.25, 0.3) is 5.56 Å². The number of carbonyl (C=O) groups is 1. The van der Waals surface area contributed by atoms with Crippen LogP contribution in [0.5, 0.6) is 11.5 Å². The van der Waals surface area contributed by atoms with Gasteiger partial charge in [-0.05, 0) is 36.4 Å². The number of aromatic amines is 1. The van der Waals surface area contributed by atoms with Gasteiger partial charge in [-0.2, -0.15) is 13.2 Å². The summed E-state index contributed by atoms with van der Waals surface area (Å²) < 4.78 is 51.9. The Morgan fingerprint density at radius 3 is 2.59 bits per heavy atom. The highest BCUT2D eigenvalue weighted by Crippen LogP contribution is 2.33. The normalized spacial score (nSPS) is 11.6. The number of ether oxygens (including phenoxy) is 2. The molecule has 0 bridgehead atoms. The minimum Gasteiger partial charge on any atom is -0.497 e. The van der Waals surface area contributed by atoms with Gasteiger partial charge in [-0.1, -0.05) is 36.0 Å². The lowest BCUT2D eigenvalue weighted by molar-refractivity contribution is -0.137. The van der Waals surface area contributed by atoms with Crippen LogP contribution in [0, 0.1) is 0 Å². The van der Waals surface area contributed by atoms with Crippen molar-refractivity contribution >= 4 is 45.3 Å². The van der Waals surface area contributed by atoms with Crippen molar-refractivity contribution in [1.29, 1.82) is 0 Å². The lowest BCUT2D eigenvalue weighted by Crippen LogP contribution is -2.23. The molecule has 0 unspecified atom stereocenters. The fourth-order valence-corrected chi connectivity index (χ4v) is 4.91. The summed E-state index contributed by atoms with van der Waals surface area (Å²) in [5.74, 6) is 0.300. The van der Waals surface area contributed by atoms with Crippen LogP contribution < -0.4 is 20.3 Å². The first kappa shape index (κ1) is 26.2. The summed E-state index contributed by atoms with van der Waals surface area (Å²) in [7, 11) is 2.96. The molecular formula is C27H21F3N4O4S. The van der Waals surface area contributed by atoms with E-state index < -0.39 is 23.2 Å². The first-order valence-corrected chi connectivity index (χ1v) is 12.5. The molecule has 2 aromatic heterocycles. The standard InChI is InChI=1S/C27H21F3N4O4S/c1-37-17-10-11-20(21(13-17)38-2)31-22(35)14-39-26-33-23-18-8-3-4-9-19(18)32-24(23)25(36)34(26)16-7-5-6-15(12-16)27(28,29)30/h3-13,32H,14H2,1-2H3,(H,31,35). The number of alkyl halides is 3. The molecule has 12 heteroatoms. The van der Waals surface area contributed by atoms with Crippen molar-refractivity contribution in [2.24, 2.45) is 0 Å². The summed E-state index contributed by atoms with van der Waals surface area (Å²) >= 11 is 0.924. The molecule has 0 aliphatic carbocycles. The molecule has 0 radical (unpaired) electrons. The van der Waals surface area contributed by atoms with Gasteiger partial charge in [0.1, 0.15) is 22.5 Å². The fraction of sp³-hybridized carbons (Fsp3) is 0.148. The van der Waals surface area contributed by atoms with Crippen LogP contribution in [0.1, 0.15) is 5.56 Å². The van der Waals surface area contributed by atoms with E-state index in [1.54, 1.807) is 42.5 Å². The van der Waals surface area contributed by atoms with Crippen LogP contribution in [0.15, 0.2) is 76.7 Å². The number of anilines is 1. The lowest BCUT2D eigenvalue weighted by Gasteiger charge is -2.15. The minimum atomic E-state index is -4.61. The maximum atomic E-state index is 13.6. The number of amides is 1. The first-order valence-electron chi connectivity index (χ1n) is 11.6. The van der Waals surface area contributed by atoms with Gasteiger partial charge in [0.15, 0.2) is 5.16 Å². The summed E-state index contributed by atoms with van der Waals surface area (Å²) in [5.41, 5.74) is 0.0316. The van der Waals surface area contributed by atoms with E-state index in [9.17, 15) is 22.8 Å². The van der Waals surface area contributed by atoms with Crippen molar-refractivity contribution < 1.29 is 27.4 Å². The molecule has 0 fully saturated rings. The number of hydrogen-bond donors (Lipinski definition) is 2. The topological polar surface area (TPSA) is 98.2 Å². The quantitative estimate of drug-likeness (QED) is 0.200. The summed E-state index contributed by atoms with van der Waals surface area (Å²) in [4.78, 5) is 34.1. The van der Waals surface area contributed by atoms with Crippen LogP contribution in [-0.2, 0) is 11.0 Å². The molecule has 2 heterocycles. The third-order valence-corrected chi connectivity index (χ3v) is 6.88. The molecule has 5 aromatic rings. The Hall–Kier alpha value is -4.45. The van der Waals surface area contributed by atoms with Crippen molar-refractivity contribution in [3.63, 3.8) is 0 Å². The van der Waals surface area contributed by atoms with Crippen LogP contribution in [0.2, 0.25) is 0 Å². The first-order chi connectivity index (χ1) is 18.7. The van der Waals surface area contributed by atoms with E-state index >= 15 is 0 Å². The van der Waals surface area contributed by atoms with Crippen LogP contribution >= 0.6 is 11.8 Å². The third-order valence-electron chi connectivity index (χ3n) is 5.94. The number of hydrogen-bond acceptors (Lipinski definition) is 6. The molecule has 39 heavy (non-hydrogen) atoms. The molecule has 0 aliphatic rings. The average molecular weight is 555 g/mol. The monoisotopic (exact) mass is 554 g/mol. The highest BCUT2D eigenvalue weighted by atomic mass is 32.2. The number of para-hydroxylation sites is 1. The molecule has 3 aromatic carbocycles. The Morgan fingerprint density at radius 1 is 1.05 bits per heavy atom. The molecule has 0 saturated heterocycles. The number of benzene rings is 3. The third kappa shape index (κ3) is 5.15. The lowest BCUT2D eigenvalue weighted by atomic mass is 10.2. The molecule has 8 nitrogen and oxygen atoms in total. The fourth-order valence-electron chi connectivity index (χ4n) is 4.11. The molecule has 0 aliphatic heterocycles. The van der Waals surface area contributed by atoms with Gasteiger partial charge >= 0.3 is 6.18 Å². The number of aromatic nitrogens is 3. The van der Waals surface area contributed by atoms with Crippen LogP contribution in [-0.4, -0.2) is 40.4 Å². The second-order valence-electron chi connectivity index (χ2n) is 8.38. The van der Waals surface area contributed by atoms with Gasteiger partial charge in [0, 0.05) is 17.0 Å². The zero-order valence-electron chi connectivity index (χ0n) is 20.6. The maximum Gasteiger partial charge on any atom is 0.416 e. The number of thioether (sulfide) groups is 1. The number of halogens is 3. The predicted molar refractivity (Wildman–Crippen MR) is 143 cm³/mol. The SMILES string of the molecule is COc1ccc(NC(=O)CSc2nc3c([nH]c4ccccc43)c(=O)n2-c2cccc(C(F)(F)F)c2)c(OC)c1. The zero-order chi connectivity index (χ0) is 27.7. The molecule has 1 amide bonds. The van der Waals surface area contributed by atoms with E-state index in [2.05, 4.69) is 15.3 Å². The molecular weight excluding hydrogens is 533 g/mol. The number of carbonyl (C=O) groups excluding carboxylic acids is 1. The van der Waals surface area contributed by atoms with Crippen molar-refractivity contribution in [2.75, 3.05) is 25.3 Å². The highest BCUT2D eigenvalue weighted by Gasteiger charge is 2.31. The Kier molecular flexibility index (Phi) is 6.96. The second-order valence-corrected chi connectivity index (χ2v) is 9.32. The predicted octanol–water partition coefficient (Wildman–Crippen LogP) is 5.63. The number of H-pyrrole nitrogens is 1. The zero-order valence-corrected chi connectivity index (χ0v) is 21.4. The molecule has 0 atom stereocenters. The Labute approximate surface area is 223 Å². The van der Waals surface area contributed by atoms with Crippen LogP contribution in [0.4, 0.5) is 18.9 Å². The van der Waals surface area contributed by atoms with Crippen LogP contribution in [0.25, 0.3) is 27.6 Å². The summed E-state index contributed by atoms with van der Waals surface area (Å²) in [6.45, 7) is 0. The Bertz CT molecular complexity index is 1760. The Balaban J connectivity index is 1.55. The number of methoxy groups -OCH3 is 2. The average Bonchev–Trinajstić information content (AvgIpc) is 3.31. The van der Waals surface area contributed by atoms with E-state index in [0.717, 1.165) is 28.5 Å². The molecule has 200 valence electrons. The van der Waals surface area contributed by atoms with Crippen molar-refractivity contribution in [3.05, 3.63) is 82.6 Å². The van der Waals surface area contributed by atoms with Gasteiger partial charge < -0.3 is 19.8 Å². The minimum absolute atomic E-state index is 0.0254. The van der Waals surface area contributed by atoms with Crippen molar-refractivity contribution in [3.8, 4) is 17.2 Å². The van der Waals surface area contributed by atoms with Crippen molar-refractivity contribution in [1.82, 2.24) is 14.5 Å². The summed E-state index contributed by atoms with van der Waals surface area (Å²) in [5, 5.41) is 3.48. The number of nitrogens with zero attached hydrogens (tertiary/aromatic N) is 2. The Morgan fingerprint density at radius 2 is 1.85 bits per heavy atom. The van der Waals surface area contributed by atoms with E-state index in [4.69, 9.17) is 9.47 Å². The van der Waals surface area contributed by atoms with Gasteiger partial charge in [-0.15, -0.1) is 0 Å². The smallest absolute Gasteiger partial charge is 0.416 e. The summed E-state index contributed by atoms with van der Waals surface area (Å²) in [6.07, 6.45) is -4.61. The number of rotatable bonds is 7. The molecule has 0 saturated carbocycles. The van der Waals surface area contributed by atoms with Gasteiger partial charge in [0.2, 0.25) is 5.91 Å². The van der Waals surface area contributed by atoms with Gasteiger partial charge in [-0.25, -0.2) is 4.98 Å². The van der Waals surface area contributed by atoms with Gasteiger partial charge in [-0.3, -0.25) is 14.2 Å². The van der Waals surface area contributed by atoms with E-state index in [1.807, 2.05) is 0 Å².